The maximum atomic E-state index is 12.5. The zero-order chi connectivity index (χ0) is 15.6. The topological polar surface area (TPSA) is 92.7 Å². The summed E-state index contributed by atoms with van der Waals surface area (Å²) in [6.07, 6.45) is 1.21. The Morgan fingerprint density at radius 3 is 2.57 bits per heavy atom. The maximum Gasteiger partial charge on any atom is 0.335 e. The zero-order valence-electron chi connectivity index (χ0n) is 11.4. The van der Waals surface area contributed by atoms with Gasteiger partial charge in [-0.25, -0.2) is 17.9 Å². The van der Waals surface area contributed by atoms with Gasteiger partial charge >= 0.3 is 5.97 Å². The van der Waals surface area contributed by atoms with E-state index in [2.05, 4.69) is 20.7 Å². The Labute approximate surface area is 131 Å². The Balaban J connectivity index is 2.36. The minimum absolute atomic E-state index is 0.0496. The van der Waals surface area contributed by atoms with E-state index in [1.54, 1.807) is 6.92 Å². The predicted octanol–water partition coefficient (Wildman–Crippen LogP) is 1.91. The first-order chi connectivity index (χ1) is 9.81. The fraction of sp³-hybridized carbons (Fsp3) is 0.462. The molecule has 0 spiro atoms. The van der Waals surface area contributed by atoms with Gasteiger partial charge in [0, 0.05) is 23.7 Å². The summed E-state index contributed by atoms with van der Waals surface area (Å²) in [4.78, 5) is 11.0. The van der Waals surface area contributed by atoms with Gasteiger partial charge in [-0.05, 0) is 53.4 Å². The molecule has 1 saturated heterocycles. The number of hydrogen-bond donors (Lipinski definition) is 2. The number of ether oxygens (including phenoxy) is 1. The number of rotatable bonds is 4. The van der Waals surface area contributed by atoms with E-state index in [4.69, 9.17) is 9.84 Å². The lowest BCUT2D eigenvalue weighted by Gasteiger charge is -2.23. The summed E-state index contributed by atoms with van der Waals surface area (Å²) in [7, 11) is -3.78. The molecular weight excluding hydrogens is 362 g/mol. The van der Waals surface area contributed by atoms with Gasteiger partial charge in [0.25, 0.3) is 0 Å². The van der Waals surface area contributed by atoms with Gasteiger partial charge in [0.1, 0.15) is 0 Å². The zero-order valence-corrected chi connectivity index (χ0v) is 13.8. The third kappa shape index (κ3) is 3.82. The van der Waals surface area contributed by atoms with Crippen LogP contribution in [0, 0.1) is 6.92 Å². The molecule has 0 aromatic heterocycles. The average molecular weight is 378 g/mol. The van der Waals surface area contributed by atoms with E-state index < -0.39 is 16.0 Å². The first-order valence-electron chi connectivity index (χ1n) is 6.45. The van der Waals surface area contributed by atoms with Crippen LogP contribution in [0.5, 0.6) is 0 Å². The molecule has 1 aromatic rings. The van der Waals surface area contributed by atoms with E-state index in [-0.39, 0.29) is 16.5 Å². The van der Waals surface area contributed by atoms with E-state index >= 15 is 0 Å². The maximum absolute atomic E-state index is 12.5. The highest BCUT2D eigenvalue weighted by atomic mass is 79.9. The first-order valence-corrected chi connectivity index (χ1v) is 8.72. The van der Waals surface area contributed by atoms with Crippen LogP contribution in [0.4, 0.5) is 0 Å². The molecule has 0 unspecified atom stereocenters. The van der Waals surface area contributed by atoms with Crippen LogP contribution in [-0.2, 0) is 14.8 Å². The number of hydrogen-bond acceptors (Lipinski definition) is 4. The van der Waals surface area contributed by atoms with Gasteiger partial charge in [0.05, 0.1) is 10.5 Å². The quantitative estimate of drug-likeness (QED) is 0.835. The summed E-state index contributed by atoms with van der Waals surface area (Å²) in [5, 5.41) is 9.06. The van der Waals surface area contributed by atoms with Crippen molar-refractivity contribution in [1.82, 2.24) is 4.72 Å². The van der Waals surface area contributed by atoms with Crippen molar-refractivity contribution in [1.29, 1.82) is 0 Å². The summed E-state index contributed by atoms with van der Waals surface area (Å²) in [6.45, 7) is 2.69. The molecule has 0 aliphatic carbocycles. The number of benzene rings is 1. The molecule has 116 valence electrons. The van der Waals surface area contributed by atoms with E-state index in [1.165, 1.54) is 12.1 Å². The van der Waals surface area contributed by atoms with Crippen molar-refractivity contribution in [2.24, 2.45) is 0 Å². The second-order valence-electron chi connectivity index (χ2n) is 4.92. The summed E-state index contributed by atoms with van der Waals surface area (Å²) < 4.78 is 33.1. The van der Waals surface area contributed by atoms with Crippen molar-refractivity contribution in [3.05, 3.63) is 27.7 Å². The number of halogens is 1. The lowest BCUT2D eigenvalue weighted by molar-refractivity contribution is 0.0696. The highest BCUT2D eigenvalue weighted by molar-refractivity contribution is 9.10. The SMILES string of the molecule is Cc1cc(C(=O)O)cc(S(=O)(=O)NC2CCOCC2)c1Br. The largest absolute Gasteiger partial charge is 0.478 e. The van der Waals surface area contributed by atoms with Crippen molar-refractivity contribution in [2.75, 3.05) is 13.2 Å². The molecular formula is C13H16BrNO5S. The van der Waals surface area contributed by atoms with Gasteiger partial charge in [0.15, 0.2) is 0 Å². The second kappa shape index (κ2) is 6.43. The summed E-state index contributed by atoms with van der Waals surface area (Å²) in [6, 6.07) is 2.41. The van der Waals surface area contributed by atoms with Gasteiger partial charge in [-0.15, -0.1) is 0 Å². The minimum atomic E-state index is -3.78. The second-order valence-corrected chi connectivity index (χ2v) is 7.39. The molecule has 0 radical (unpaired) electrons. The van der Waals surface area contributed by atoms with Crippen LogP contribution in [0.25, 0.3) is 0 Å². The molecule has 6 nitrogen and oxygen atoms in total. The Morgan fingerprint density at radius 1 is 1.38 bits per heavy atom. The molecule has 1 aliphatic rings. The summed E-state index contributed by atoms with van der Waals surface area (Å²) in [5.74, 6) is -1.16. The predicted molar refractivity (Wildman–Crippen MR) is 80.0 cm³/mol. The molecule has 1 aliphatic heterocycles. The highest BCUT2D eigenvalue weighted by Gasteiger charge is 2.25. The number of aromatic carboxylic acids is 1. The molecule has 0 atom stereocenters. The van der Waals surface area contributed by atoms with E-state index in [0.717, 1.165) is 0 Å². The van der Waals surface area contributed by atoms with Gasteiger partial charge in [-0.3, -0.25) is 0 Å². The fourth-order valence-electron chi connectivity index (χ4n) is 2.15. The fourth-order valence-corrected chi connectivity index (χ4v) is 4.50. The van der Waals surface area contributed by atoms with Gasteiger partial charge in [-0.1, -0.05) is 0 Å². The number of carboxylic acid groups (broad SMARTS) is 1. The third-order valence-corrected chi connectivity index (χ3v) is 6.16. The van der Waals surface area contributed by atoms with Crippen LogP contribution in [0.2, 0.25) is 0 Å². The molecule has 8 heteroatoms. The summed E-state index contributed by atoms with van der Waals surface area (Å²) in [5.41, 5.74) is 0.505. The number of aryl methyl sites for hydroxylation is 1. The molecule has 1 heterocycles. The van der Waals surface area contributed by atoms with Crippen LogP contribution in [-0.4, -0.2) is 38.7 Å². The molecule has 0 saturated carbocycles. The number of sulfonamides is 1. The monoisotopic (exact) mass is 377 g/mol. The lowest BCUT2D eigenvalue weighted by Crippen LogP contribution is -2.39. The molecule has 0 amide bonds. The lowest BCUT2D eigenvalue weighted by atomic mass is 10.1. The van der Waals surface area contributed by atoms with Crippen LogP contribution in [0.15, 0.2) is 21.5 Å². The van der Waals surface area contributed by atoms with E-state index in [9.17, 15) is 13.2 Å². The van der Waals surface area contributed by atoms with Crippen molar-refractivity contribution < 1.29 is 23.1 Å². The Kier molecular flexibility index (Phi) is 5.03. The van der Waals surface area contributed by atoms with Gasteiger partial charge < -0.3 is 9.84 Å². The first kappa shape index (κ1) is 16.4. The van der Waals surface area contributed by atoms with Crippen LogP contribution in [0.1, 0.15) is 28.8 Å². The van der Waals surface area contributed by atoms with E-state index in [1.807, 2.05) is 0 Å². The Bertz CT molecular complexity index is 653. The summed E-state index contributed by atoms with van der Waals surface area (Å²) >= 11 is 3.23. The van der Waals surface area contributed by atoms with Crippen molar-refractivity contribution in [3.8, 4) is 0 Å². The number of nitrogens with one attached hydrogen (secondary N) is 1. The normalized spacial score (nSPS) is 16.9. The Hall–Kier alpha value is -0.960. The average Bonchev–Trinajstić information content (AvgIpc) is 2.41. The molecule has 2 rings (SSSR count). The van der Waals surface area contributed by atoms with Crippen molar-refractivity contribution in [3.63, 3.8) is 0 Å². The minimum Gasteiger partial charge on any atom is -0.478 e. The molecule has 1 fully saturated rings. The molecule has 0 bridgehead atoms. The molecule has 21 heavy (non-hydrogen) atoms. The van der Waals surface area contributed by atoms with Gasteiger partial charge in [-0.2, -0.15) is 0 Å². The van der Waals surface area contributed by atoms with Crippen molar-refractivity contribution >= 4 is 31.9 Å². The third-order valence-electron chi connectivity index (χ3n) is 3.30. The molecule has 1 aromatic carbocycles. The van der Waals surface area contributed by atoms with Crippen LogP contribution < -0.4 is 4.72 Å². The van der Waals surface area contributed by atoms with Crippen molar-refractivity contribution in [2.45, 2.75) is 30.7 Å². The smallest absolute Gasteiger partial charge is 0.335 e. The van der Waals surface area contributed by atoms with Crippen LogP contribution in [0.3, 0.4) is 0 Å². The van der Waals surface area contributed by atoms with Gasteiger partial charge in [0.2, 0.25) is 10.0 Å². The standard InChI is InChI=1S/C13H16BrNO5S/c1-8-6-9(13(16)17)7-11(12(8)14)21(18,19)15-10-2-4-20-5-3-10/h6-7,10,15H,2-5H2,1H3,(H,16,17). The van der Waals surface area contributed by atoms with Crippen LogP contribution >= 0.6 is 15.9 Å². The highest BCUT2D eigenvalue weighted by Crippen LogP contribution is 2.28. The Morgan fingerprint density at radius 2 is 2.00 bits per heavy atom. The number of carbonyl (C=O) groups is 1. The molecule has 2 N–H and O–H groups in total. The van der Waals surface area contributed by atoms with E-state index in [0.29, 0.717) is 36.1 Å². The number of carboxylic acids is 1.